The van der Waals surface area contributed by atoms with E-state index in [1.807, 2.05) is 14.0 Å². The maximum atomic E-state index is 13.0. The Morgan fingerprint density at radius 1 is 0.875 bits per heavy atom. The van der Waals surface area contributed by atoms with Crippen molar-refractivity contribution in [1.29, 1.82) is 0 Å². The molecule has 0 heterocycles. The summed E-state index contributed by atoms with van der Waals surface area (Å²) < 4.78 is 39.1. The number of hydrogen-bond acceptors (Lipinski definition) is 3. The molecule has 3 nitrogen and oxygen atoms in total. The number of hydrogen-bond donors (Lipinski definition) is 0. The molecule has 24 heavy (non-hydrogen) atoms. The molecule has 146 valence electrons. The quantitative estimate of drug-likeness (QED) is 0.496. The molecular weight excluding hydrogens is 315 g/mol. The minimum absolute atomic E-state index is 0.0313. The van der Waals surface area contributed by atoms with Gasteiger partial charge >= 0.3 is 6.18 Å². The third kappa shape index (κ3) is 9.23. The van der Waals surface area contributed by atoms with Crippen molar-refractivity contribution in [3.63, 3.8) is 0 Å². The fraction of sp³-hybridized carbons (Fsp3) is 1.00. The predicted molar refractivity (Wildman–Crippen MR) is 96.4 cm³/mol. The van der Waals surface area contributed by atoms with E-state index in [0.29, 0.717) is 6.54 Å². The highest BCUT2D eigenvalue weighted by atomic mass is 19.4. The molecule has 0 aliphatic heterocycles. The van der Waals surface area contributed by atoms with Gasteiger partial charge in [0.1, 0.15) is 0 Å². The van der Waals surface area contributed by atoms with Gasteiger partial charge < -0.3 is 9.80 Å². The third-order valence-electron chi connectivity index (χ3n) is 5.06. The van der Waals surface area contributed by atoms with Crippen molar-refractivity contribution in [2.75, 3.05) is 52.9 Å². The molecule has 0 N–H and O–H groups in total. The first-order chi connectivity index (χ1) is 11.2. The van der Waals surface area contributed by atoms with Gasteiger partial charge in [0.15, 0.2) is 0 Å². The van der Waals surface area contributed by atoms with Crippen molar-refractivity contribution < 1.29 is 13.2 Å². The van der Waals surface area contributed by atoms with Crippen LogP contribution in [0.25, 0.3) is 0 Å². The molecule has 0 amide bonds. The van der Waals surface area contributed by atoms with Crippen LogP contribution in [0.1, 0.15) is 47.5 Å². The lowest BCUT2D eigenvalue weighted by atomic mass is 9.91. The normalized spacial score (nSPS) is 15.5. The molecule has 0 aromatic heterocycles. The van der Waals surface area contributed by atoms with Crippen LogP contribution < -0.4 is 0 Å². The van der Waals surface area contributed by atoms with Gasteiger partial charge in [-0.1, -0.05) is 41.0 Å². The number of rotatable bonds is 13. The maximum Gasteiger partial charge on any atom is 0.401 e. The van der Waals surface area contributed by atoms with Gasteiger partial charge in [0.2, 0.25) is 0 Å². The van der Waals surface area contributed by atoms with Crippen molar-refractivity contribution in [3.8, 4) is 0 Å². The average Bonchev–Trinajstić information content (AvgIpc) is 2.54. The van der Waals surface area contributed by atoms with Crippen molar-refractivity contribution in [1.82, 2.24) is 14.7 Å². The molecule has 0 bridgehead atoms. The fourth-order valence-electron chi connectivity index (χ4n) is 3.26. The van der Waals surface area contributed by atoms with Crippen LogP contribution in [-0.4, -0.2) is 79.8 Å². The van der Waals surface area contributed by atoms with Crippen LogP contribution in [0, 0.1) is 5.92 Å². The molecule has 0 aromatic rings. The van der Waals surface area contributed by atoms with Crippen LogP contribution in [0.15, 0.2) is 0 Å². The van der Waals surface area contributed by atoms with Crippen LogP contribution in [-0.2, 0) is 0 Å². The molecule has 2 unspecified atom stereocenters. The van der Waals surface area contributed by atoms with Crippen LogP contribution in [0.4, 0.5) is 13.2 Å². The van der Waals surface area contributed by atoms with E-state index in [1.165, 1.54) is 0 Å². The number of alkyl halides is 3. The Bertz CT molecular complexity index is 306. The molecule has 0 saturated heterocycles. The van der Waals surface area contributed by atoms with Crippen LogP contribution >= 0.6 is 0 Å². The highest BCUT2D eigenvalue weighted by Crippen LogP contribution is 2.25. The van der Waals surface area contributed by atoms with E-state index in [2.05, 4.69) is 37.5 Å². The second-order valence-corrected chi connectivity index (χ2v) is 6.58. The van der Waals surface area contributed by atoms with Gasteiger partial charge in [-0.25, -0.2) is 0 Å². The SMILES string of the molecule is CCC(CN(CC)CC)C(CCN(C)CC)N(CC)CC(F)(F)F. The van der Waals surface area contributed by atoms with E-state index < -0.39 is 12.7 Å². The average molecular weight is 354 g/mol. The minimum atomic E-state index is -4.14. The summed E-state index contributed by atoms with van der Waals surface area (Å²) in [7, 11) is 2.03. The van der Waals surface area contributed by atoms with Crippen molar-refractivity contribution in [3.05, 3.63) is 0 Å². The maximum absolute atomic E-state index is 13.0. The third-order valence-corrected chi connectivity index (χ3v) is 5.06. The Labute approximate surface area is 147 Å². The monoisotopic (exact) mass is 353 g/mol. The van der Waals surface area contributed by atoms with Crippen LogP contribution in [0.2, 0.25) is 0 Å². The van der Waals surface area contributed by atoms with Gasteiger partial charge in [-0.2, -0.15) is 13.2 Å². The summed E-state index contributed by atoms with van der Waals surface area (Å²) >= 11 is 0. The van der Waals surface area contributed by atoms with E-state index >= 15 is 0 Å². The molecule has 0 aromatic carbocycles. The summed E-state index contributed by atoms with van der Waals surface area (Å²) in [6.45, 7) is 14.4. The number of halogens is 3. The number of nitrogens with zero attached hydrogens (tertiary/aromatic N) is 3. The van der Waals surface area contributed by atoms with Crippen LogP contribution in [0.3, 0.4) is 0 Å². The van der Waals surface area contributed by atoms with Crippen molar-refractivity contribution in [2.24, 2.45) is 5.92 Å². The highest BCUT2D eigenvalue weighted by molar-refractivity contribution is 4.83. The Morgan fingerprint density at radius 2 is 1.46 bits per heavy atom. The summed E-state index contributed by atoms with van der Waals surface area (Å²) in [5.74, 6) is 0.262. The molecule has 0 spiro atoms. The minimum Gasteiger partial charge on any atom is -0.307 e. The van der Waals surface area contributed by atoms with E-state index in [0.717, 1.165) is 45.6 Å². The van der Waals surface area contributed by atoms with Gasteiger partial charge in [0, 0.05) is 12.6 Å². The predicted octanol–water partition coefficient (Wildman–Crippen LogP) is 3.95. The van der Waals surface area contributed by atoms with Crippen molar-refractivity contribution in [2.45, 2.75) is 59.7 Å². The largest absolute Gasteiger partial charge is 0.401 e. The Hall–Kier alpha value is -0.330. The Balaban J connectivity index is 5.22. The zero-order valence-electron chi connectivity index (χ0n) is 16.5. The topological polar surface area (TPSA) is 9.72 Å². The molecule has 0 aliphatic rings. The van der Waals surface area contributed by atoms with E-state index in [9.17, 15) is 13.2 Å². The lowest BCUT2D eigenvalue weighted by Crippen LogP contribution is -2.49. The van der Waals surface area contributed by atoms with E-state index in [-0.39, 0.29) is 12.0 Å². The lowest BCUT2D eigenvalue weighted by molar-refractivity contribution is -0.153. The smallest absolute Gasteiger partial charge is 0.307 e. The van der Waals surface area contributed by atoms with Crippen LogP contribution in [0.5, 0.6) is 0 Å². The molecule has 0 saturated carbocycles. The molecule has 0 radical (unpaired) electrons. The van der Waals surface area contributed by atoms with Gasteiger partial charge in [-0.05, 0) is 52.1 Å². The molecular formula is C18H38F3N3. The first-order valence-electron chi connectivity index (χ1n) is 9.43. The second-order valence-electron chi connectivity index (χ2n) is 6.58. The second kappa shape index (κ2) is 12.1. The molecule has 0 fully saturated rings. The fourth-order valence-corrected chi connectivity index (χ4v) is 3.26. The highest BCUT2D eigenvalue weighted by Gasteiger charge is 2.35. The van der Waals surface area contributed by atoms with Gasteiger partial charge in [-0.15, -0.1) is 0 Å². The van der Waals surface area contributed by atoms with Gasteiger partial charge in [0.05, 0.1) is 6.54 Å². The summed E-state index contributed by atoms with van der Waals surface area (Å²) in [4.78, 5) is 6.14. The standard InChI is InChI=1S/C18H38F3N3/c1-7-16(14-23(9-3)10-4)17(12-13-22(6)8-2)24(11-5)15-18(19,20)21/h16-17H,7-15H2,1-6H3. The van der Waals surface area contributed by atoms with Crippen molar-refractivity contribution >= 4 is 0 Å². The summed E-state index contributed by atoms with van der Waals surface area (Å²) in [6, 6.07) is -0.0313. The molecule has 6 heteroatoms. The molecule has 0 aliphatic carbocycles. The van der Waals surface area contributed by atoms with Gasteiger partial charge in [0.25, 0.3) is 0 Å². The Kier molecular flexibility index (Phi) is 11.9. The lowest BCUT2D eigenvalue weighted by Gasteiger charge is -2.39. The molecule has 0 rings (SSSR count). The summed E-state index contributed by atoms with van der Waals surface area (Å²) in [6.07, 6.45) is -2.45. The van der Waals surface area contributed by atoms with E-state index in [1.54, 1.807) is 4.90 Å². The zero-order valence-corrected chi connectivity index (χ0v) is 16.5. The first kappa shape index (κ1) is 23.7. The summed E-state index contributed by atoms with van der Waals surface area (Å²) in [5.41, 5.74) is 0. The Morgan fingerprint density at radius 3 is 1.83 bits per heavy atom. The van der Waals surface area contributed by atoms with Gasteiger partial charge in [-0.3, -0.25) is 4.90 Å². The molecule has 2 atom stereocenters. The zero-order chi connectivity index (χ0) is 18.8. The first-order valence-corrected chi connectivity index (χ1v) is 9.43. The summed E-state index contributed by atoms with van der Waals surface area (Å²) in [5, 5.41) is 0. The van der Waals surface area contributed by atoms with E-state index in [4.69, 9.17) is 0 Å².